The van der Waals surface area contributed by atoms with Crippen LogP contribution in [0.5, 0.6) is 0 Å². The van der Waals surface area contributed by atoms with Crippen molar-refractivity contribution in [3.8, 4) is 0 Å². The first kappa shape index (κ1) is 24.5. The molecular weight excluding hydrogens is 506 g/mol. The summed E-state index contributed by atoms with van der Waals surface area (Å²) in [5.74, 6) is 1.63. The second-order valence-electron chi connectivity index (χ2n) is 10.4. The molecule has 1 aromatic carbocycles. The fourth-order valence-corrected chi connectivity index (χ4v) is 7.01. The van der Waals surface area contributed by atoms with Gasteiger partial charge in [0.2, 0.25) is 5.95 Å². The Balaban J connectivity index is 1.26. The van der Waals surface area contributed by atoms with Gasteiger partial charge in [-0.1, -0.05) is 6.07 Å². The molecule has 0 aliphatic heterocycles. The minimum Gasteiger partial charge on any atom is -0.352 e. The Morgan fingerprint density at radius 2 is 2.03 bits per heavy atom. The van der Waals surface area contributed by atoms with Gasteiger partial charge in [-0.3, -0.25) is 18.4 Å². The number of rotatable bonds is 10. The third-order valence-corrected chi connectivity index (χ3v) is 9.75. The number of Topliss-reactive ketones (excluding diaryl/α,β-unsaturated/α-hetero) is 1. The smallest absolute Gasteiger partial charge is 0.252 e. The van der Waals surface area contributed by atoms with Gasteiger partial charge >= 0.3 is 0 Å². The molecule has 0 radical (unpaired) electrons. The third kappa shape index (κ3) is 5.40. The summed E-state index contributed by atoms with van der Waals surface area (Å²) < 4.78 is 14.0. The van der Waals surface area contributed by atoms with Crippen molar-refractivity contribution in [3.63, 3.8) is 0 Å². The molecule has 2 N–H and O–H groups in total. The zero-order valence-electron chi connectivity index (χ0n) is 20.9. The van der Waals surface area contributed by atoms with Crippen LogP contribution in [-0.4, -0.2) is 43.5 Å². The number of nitrogens with zero attached hydrogens (tertiary/aromatic N) is 3. The molecule has 2 atom stereocenters. The number of anilines is 2. The average molecular weight is 538 g/mol. The predicted molar refractivity (Wildman–Crippen MR) is 144 cm³/mol. The van der Waals surface area contributed by atoms with Crippen molar-refractivity contribution in [2.75, 3.05) is 18.1 Å². The van der Waals surface area contributed by atoms with E-state index in [9.17, 15) is 13.8 Å². The van der Waals surface area contributed by atoms with E-state index in [2.05, 4.69) is 20.8 Å². The van der Waals surface area contributed by atoms with Gasteiger partial charge in [0.25, 0.3) is 5.91 Å². The van der Waals surface area contributed by atoms with Crippen LogP contribution in [0.1, 0.15) is 63.8 Å². The quantitative estimate of drug-likeness (QED) is 0.401. The lowest BCUT2D eigenvalue weighted by molar-refractivity contribution is -0.119. The number of ketones is 1. The van der Waals surface area contributed by atoms with Gasteiger partial charge in [0.15, 0.2) is 0 Å². The van der Waals surface area contributed by atoms with Crippen molar-refractivity contribution in [1.82, 2.24) is 20.1 Å². The lowest BCUT2D eigenvalue weighted by Gasteiger charge is -2.25. The second-order valence-corrected chi connectivity index (χ2v) is 13.0. The molecule has 2 saturated carbocycles. The number of hydrogen-bond acceptors (Lipinski definition) is 7. The molecule has 2 aromatic heterocycles. The van der Waals surface area contributed by atoms with E-state index in [4.69, 9.17) is 0 Å². The normalized spacial score (nSPS) is 19.8. The predicted octanol–water partition coefficient (Wildman–Crippen LogP) is 4.21. The zero-order chi connectivity index (χ0) is 25.5. The second kappa shape index (κ2) is 10.1. The fourth-order valence-electron chi connectivity index (χ4n) is 5.08. The number of fused-ring (bicyclic) bond motifs is 1. The van der Waals surface area contributed by atoms with Crippen LogP contribution < -0.4 is 10.6 Å². The SMILES string of the molecule is CS(=O)c1cccc(Nc2nncn2[C@H]2CCc3sc(CC(=O)C4CC4)c(C(=O)NCC4CC4)c3C2)c1. The Hall–Kier alpha value is -2.85. The van der Waals surface area contributed by atoms with Crippen LogP contribution in [0.15, 0.2) is 35.5 Å². The van der Waals surface area contributed by atoms with Crippen molar-refractivity contribution < 1.29 is 13.8 Å². The molecule has 8 nitrogen and oxygen atoms in total. The number of aryl methyl sites for hydroxylation is 1. The first-order valence-electron chi connectivity index (χ1n) is 13.0. The summed E-state index contributed by atoms with van der Waals surface area (Å²) in [6.45, 7) is 0.712. The summed E-state index contributed by atoms with van der Waals surface area (Å²) in [4.78, 5) is 29.0. The lowest BCUT2D eigenvalue weighted by atomic mass is 9.90. The topological polar surface area (TPSA) is 106 Å². The van der Waals surface area contributed by atoms with E-state index in [-0.39, 0.29) is 23.7 Å². The minimum absolute atomic E-state index is 0.0323. The molecule has 2 fully saturated rings. The number of carbonyl (C=O) groups excluding carboxylic acids is 2. The summed E-state index contributed by atoms with van der Waals surface area (Å²) in [5, 5.41) is 14.9. The van der Waals surface area contributed by atoms with Crippen molar-refractivity contribution in [3.05, 3.63) is 51.5 Å². The van der Waals surface area contributed by atoms with Gasteiger partial charge in [-0.25, -0.2) is 0 Å². The van der Waals surface area contributed by atoms with Crippen molar-refractivity contribution in [2.45, 2.75) is 62.3 Å². The molecule has 3 aliphatic carbocycles. The van der Waals surface area contributed by atoms with Crippen molar-refractivity contribution >= 4 is 45.5 Å². The van der Waals surface area contributed by atoms with Gasteiger partial charge in [-0.05, 0) is 74.6 Å². The Labute approximate surface area is 222 Å². The molecule has 2 heterocycles. The molecule has 1 unspecified atom stereocenters. The van der Waals surface area contributed by atoms with Crippen LogP contribution in [0.3, 0.4) is 0 Å². The number of benzene rings is 1. The van der Waals surface area contributed by atoms with Gasteiger partial charge in [-0.2, -0.15) is 0 Å². The molecule has 6 rings (SSSR count). The molecule has 0 saturated heterocycles. The van der Waals surface area contributed by atoms with E-state index in [0.29, 0.717) is 31.3 Å². The highest BCUT2D eigenvalue weighted by Gasteiger charge is 2.35. The van der Waals surface area contributed by atoms with E-state index in [0.717, 1.165) is 52.3 Å². The molecular formula is C27H31N5O3S2. The molecule has 10 heteroatoms. The summed E-state index contributed by atoms with van der Waals surface area (Å²) >= 11 is 1.66. The standard InChI is InChI=1S/C27H31N5O3S2/c1-37(35)20-4-2-3-18(11-20)30-27-31-29-15-32(27)19-9-10-23-21(12-19)25(26(34)28-14-16-5-6-16)24(36-23)13-22(33)17-7-8-17/h2-4,11,15-17,19H,5-10,12-14H2,1H3,(H,28,34)(H,30,31)/t19-,37?/m0/s1. The van der Waals surface area contributed by atoms with Crippen LogP contribution in [0.25, 0.3) is 0 Å². The third-order valence-electron chi connectivity index (χ3n) is 7.54. The molecule has 3 aromatic rings. The van der Waals surface area contributed by atoms with Gasteiger partial charge in [0.1, 0.15) is 12.1 Å². The summed E-state index contributed by atoms with van der Waals surface area (Å²) in [6.07, 6.45) is 10.5. The number of amides is 1. The monoisotopic (exact) mass is 537 g/mol. The van der Waals surface area contributed by atoms with Crippen LogP contribution in [0, 0.1) is 11.8 Å². The number of thiophene rings is 1. The number of hydrogen-bond donors (Lipinski definition) is 2. The summed E-state index contributed by atoms with van der Waals surface area (Å²) in [7, 11) is -1.08. The maximum Gasteiger partial charge on any atom is 0.252 e. The highest BCUT2D eigenvalue weighted by atomic mass is 32.2. The molecule has 37 heavy (non-hydrogen) atoms. The van der Waals surface area contributed by atoms with E-state index in [1.54, 1.807) is 23.9 Å². The van der Waals surface area contributed by atoms with Crippen molar-refractivity contribution in [1.29, 1.82) is 0 Å². The van der Waals surface area contributed by atoms with Crippen molar-refractivity contribution in [2.24, 2.45) is 11.8 Å². The van der Waals surface area contributed by atoms with E-state index in [1.807, 2.05) is 28.8 Å². The maximum absolute atomic E-state index is 13.4. The molecule has 1 amide bonds. The first-order valence-corrected chi connectivity index (χ1v) is 15.4. The Morgan fingerprint density at radius 1 is 1.19 bits per heavy atom. The molecule has 0 bridgehead atoms. The van der Waals surface area contributed by atoms with Gasteiger partial charge in [0, 0.05) is 62.3 Å². The molecule has 0 spiro atoms. The average Bonchev–Trinajstić information content (AvgIpc) is 3.82. The summed E-state index contributed by atoms with van der Waals surface area (Å²) in [6, 6.07) is 7.57. The Bertz CT molecular complexity index is 1370. The largest absolute Gasteiger partial charge is 0.352 e. The first-order chi connectivity index (χ1) is 18.0. The highest BCUT2D eigenvalue weighted by Crippen LogP contribution is 2.41. The minimum atomic E-state index is -1.08. The Kier molecular flexibility index (Phi) is 6.71. The molecule has 3 aliphatic rings. The number of carbonyl (C=O) groups is 2. The number of aromatic nitrogens is 3. The van der Waals surface area contributed by atoms with E-state index in [1.165, 1.54) is 17.7 Å². The zero-order valence-corrected chi connectivity index (χ0v) is 22.5. The van der Waals surface area contributed by atoms with E-state index >= 15 is 0 Å². The van der Waals surface area contributed by atoms with Crippen LogP contribution in [0.2, 0.25) is 0 Å². The summed E-state index contributed by atoms with van der Waals surface area (Å²) in [5.41, 5.74) is 2.62. The highest BCUT2D eigenvalue weighted by molar-refractivity contribution is 7.84. The van der Waals surface area contributed by atoms with E-state index < -0.39 is 10.8 Å². The molecule has 194 valence electrons. The van der Waals surface area contributed by atoms with Crippen LogP contribution in [-0.2, 0) is 34.9 Å². The number of nitrogens with one attached hydrogen (secondary N) is 2. The Morgan fingerprint density at radius 3 is 2.78 bits per heavy atom. The lowest BCUT2D eigenvalue weighted by Crippen LogP contribution is -2.28. The van der Waals surface area contributed by atoms with Crippen LogP contribution in [0.4, 0.5) is 11.6 Å². The van der Waals surface area contributed by atoms with Crippen LogP contribution >= 0.6 is 11.3 Å². The fraction of sp³-hybridized carbons (Fsp3) is 0.481. The van der Waals surface area contributed by atoms with Gasteiger partial charge in [0.05, 0.1) is 5.56 Å². The maximum atomic E-state index is 13.4. The van der Waals surface area contributed by atoms with Gasteiger partial charge in [-0.15, -0.1) is 21.5 Å². The van der Waals surface area contributed by atoms with Gasteiger partial charge < -0.3 is 10.6 Å².